The number of amides is 1. The van der Waals surface area contributed by atoms with Crippen LogP contribution in [0.3, 0.4) is 0 Å². The van der Waals surface area contributed by atoms with E-state index in [4.69, 9.17) is 4.74 Å². The van der Waals surface area contributed by atoms with E-state index in [1.165, 1.54) is 7.11 Å². The summed E-state index contributed by atoms with van der Waals surface area (Å²) in [6.45, 7) is 3.73. The van der Waals surface area contributed by atoms with Crippen LogP contribution in [-0.4, -0.2) is 30.0 Å². The lowest BCUT2D eigenvalue weighted by atomic mass is 10.0. The van der Waals surface area contributed by atoms with Crippen LogP contribution in [0.5, 0.6) is 0 Å². The number of ether oxygens (including phenoxy) is 1. The summed E-state index contributed by atoms with van der Waals surface area (Å²) in [5.41, 5.74) is 2.46. The van der Waals surface area contributed by atoms with Crippen molar-refractivity contribution in [3.8, 4) is 0 Å². The highest BCUT2D eigenvalue weighted by atomic mass is 16.5. The minimum atomic E-state index is -0.387. The van der Waals surface area contributed by atoms with Crippen LogP contribution < -0.4 is 5.32 Å². The number of aromatic nitrogens is 1. The van der Waals surface area contributed by atoms with Gasteiger partial charge >= 0.3 is 5.97 Å². The lowest BCUT2D eigenvalue weighted by Gasteiger charge is -2.08. The molecule has 17 heavy (non-hydrogen) atoms. The van der Waals surface area contributed by atoms with Crippen LogP contribution in [0, 0.1) is 6.92 Å². The van der Waals surface area contributed by atoms with Crippen molar-refractivity contribution in [3.05, 3.63) is 22.5 Å². The summed E-state index contributed by atoms with van der Waals surface area (Å²) in [7, 11) is 1.35. The number of aromatic amines is 1. The lowest BCUT2D eigenvalue weighted by Crippen LogP contribution is -2.31. The number of esters is 1. The van der Waals surface area contributed by atoms with Crippen molar-refractivity contribution in [1.29, 1.82) is 0 Å². The quantitative estimate of drug-likeness (QED) is 0.719. The third kappa shape index (κ3) is 1.92. The first kappa shape index (κ1) is 11.7. The van der Waals surface area contributed by atoms with Crippen molar-refractivity contribution in [3.63, 3.8) is 0 Å². The largest absolute Gasteiger partial charge is 0.465 e. The van der Waals surface area contributed by atoms with Gasteiger partial charge in [0.25, 0.3) is 5.91 Å². The molecule has 5 heteroatoms. The first-order valence-electron chi connectivity index (χ1n) is 5.65. The predicted molar refractivity (Wildman–Crippen MR) is 62.1 cm³/mol. The summed E-state index contributed by atoms with van der Waals surface area (Å²) in [5, 5.41) is 2.87. The van der Waals surface area contributed by atoms with E-state index in [0.717, 1.165) is 12.0 Å². The van der Waals surface area contributed by atoms with Crippen LogP contribution in [0.1, 0.15) is 45.4 Å². The molecule has 2 rings (SSSR count). The number of methoxy groups -OCH3 is 1. The SMILES string of the molecule is COC(=O)c1c(C)[nH]c2c1CCC(C)NC2=O. The van der Waals surface area contributed by atoms with Gasteiger partial charge in [0.05, 0.1) is 12.7 Å². The van der Waals surface area contributed by atoms with Gasteiger partial charge in [0.2, 0.25) is 0 Å². The van der Waals surface area contributed by atoms with Crippen molar-refractivity contribution >= 4 is 11.9 Å². The molecule has 0 aliphatic carbocycles. The van der Waals surface area contributed by atoms with E-state index in [2.05, 4.69) is 10.3 Å². The minimum Gasteiger partial charge on any atom is -0.465 e. The van der Waals surface area contributed by atoms with E-state index in [-0.39, 0.29) is 17.9 Å². The Morgan fingerprint density at radius 2 is 2.18 bits per heavy atom. The Morgan fingerprint density at radius 1 is 1.47 bits per heavy atom. The second-order valence-corrected chi connectivity index (χ2v) is 4.38. The Bertz CT molecular complexity index is 476. The lowest BCUT2D eigenvalue weighted by molar-refractivity contribution is 0.0599. The molecule has 1 aliphatic rings. The fraction of sp³-hybridized carbons (Fsp3) is 0.500. The highest BCUT2D eigenvalue weighted by Gasteiger charge is 2.28. The Hall–Kier alpha value is -1.78. The predicted octanol–water partition coefficient (Wildman–Crippen LogP) is 1.17. The highest BCUT2D eigenvalue weighted by molar-refractivity contribution is 6.01. The topological polar surface area (TPSA) is 71.2 Å². The maximum atomic E-state index is 11.9. The van der Waals surface area contributed by atoms with Crippen LogP contribution in [-0.2, 0) is 11.2 Å². The van der Waals surface area contributed by atoms with Gasteiger partial charge in [-0.05, 0) is 32.3 Å². The molecule has 5 nitrogen and oxygen atoms in total. The van der Waals surface area contributed by atoms with Crippen molar-refractivity contribution in [1.82, 2.24) is 10.3 Å². The second-order valence-electron chi connectivity index (χ2n) is 4.38. The minimum absolute atomic E-state index is 0.120. The van der Waals surface area contributed by atoms with Crippen molar-refractivity contribution in [2.75, 3.05) is 7.11 Å². The zero-order chi connectivity index (χ0) is 12.6. The molecule has 2 heterocycles. The average Bonchev–Trinajstić information content (AvgIpc) is 2.55. The molecule has 1 amide bonds. The molecule has 1 atom stereocenters. The van der Waals surface area contributed by atoms with Crippen LogP contribution in [0.25, 0.3) is 0 Å². The van der Waals surface area contributed by atoms with E-state index in [1.54, 1.807) is 6.92 Å². The zero-order valence-corrected chi connectivity index (χ0v) is 10.2. The number of aryl methyl sites for hydroxylation is 1. The first-order chi connectivity index (χ1) is 8.04. The fourth-order valence-electron chi connectivity index (χ4n) is 2.23. The molecule has 0 saturated carbocycles. The van der Waals surface area contributed by atoms with Gasteiger partial charge in [-0.3, -0.25) is 4.79 Å². The second kappa shape index (κ2) is 4.24. The molecule has 2 N–H and O–H groups in total. The van der Waals surface area contributed by atoms with Gasteiger partial charge in [-0.25, -0.2) is 4.79 Å². The summed E-state index contributed by atoms with van der Waals surface area (Å²) in [6.07, 6.45) is 1.52. The number of hydrogen-bond acceptors (Lipinski definition) is 3. The molecule has 0 spiro atoms. The molecule has 0 fully saturated rings. The third-order valence-electron chi connectivity index (χ3n) is 3.11. The number of nitrogens with one attached hydrogen (secondary N) is 2. The Morgan fingerprint density at radius 3 is 2.82 bits per heavy atom. The van der Waals surface area contributed by atoms with Crippen LogP contribution in [0.2, 0.25) is 0 Å². The molecular weight excluding hydrogens is 220 g/mol. The Balaban J connectivity index is 2.51. The fourth-order valence-corrected chi connectivity index (χ4v) is 2.23. The van der Waals surface area contributed by atoms with E-state index in [0.29, 0.717) is 23.4 Å². The van der Waals surface area contributed by atoms with E-state index in [9.17, 15) is 9.59 Å². The summed E-state index contributed by atoms with van der Waals surface area (Å²) in [4.78, 5) is 26.6. The standard InChI is InChI=1S/C12H16N2O3/c1-6-4-5-8-9(12(16)17-3)7(2)14-10(8)11(15)13-6/h6,14H,4-5H2,1-3H3,(H,13,15). The number of H-pyrrole nitrogens is 1. The normalized spacial score (nSPS) is 19.2. The summed E-state index contributed by atoms with van der Waals surface area (Å²) >= 11 is 0. The van der Waals surface area contributed by atoms with Gasteiger partial charge in [-0.2, -0.15) is 0 Å². The third-order valence-corrected chi connectivity index (χ3v) is 3.11. The smallest absolute Gasteiger partial charge is 0.339 e. The van der Waals surface area contributed by atoms with Gasteiger partial charge in [-0.1, -0.05) is 0 Å². The molecule has 1 aromatic rings. The molecule has 0 bridgehead atoms. The Kier molecular flexibility index (Phi) is 2.92. The van der Waals surface area contributed by atoms with Gasteiger partial charge in [0, 0.05) is 11.7 Å². The first-order valence-corrected chi connectivity index (χ1v) is 5.65. The molecule has 92 valence electrons. The molecule has 1 unspecified atom stereocenters. The number of rotatable bonds is 1. The van der Waals surface area contributed by atoms with Gasteiger partial charge < -0.3 is 15.0 Å². The molecule has 0 aromatic carbocycles. The molecule has 0 saturated heterocycles. The molecule has 0 radical (unpaired) electrons. The zero-order valence-electron chi connectivity index (χ0n) is 10.2. The summed E-state index contributed by atoms with van der Waals surface area (Å²) in [6, 6.07) is 0.120. The van der Waals surface area contributed by atoms with Crippen LogP contribution in [0.4, 0.5) is 0 Å². The average molecular weight is 236 g/mol. The Labute approximate surface area is 99.5 Å². The maximum absolute atomic E-state index is 11.9. The monoisotopic (exact) mass is 236 g/mol. The number of hydrogen-bond donors (Lipinski definition) is 2. The van der Waals surface area contributed by atoms with Gasteiger partial charge in [-0.15, -0.1) is 0 Å². The molecular formula is C12H16N2O3. The van der Waals surface area contributed by atoms with Gasteiger partial charge in [0.1, 0.15) is 5.69 Å². The summed E-state index contributed by atoms with van der Waals surface area (Å²) in [5.74, 6) is -0.536. The van der Waals surface area contributed by atoms with Crippen LogP contribution in [0.15, 0.2) is 0 Å². The highest BCUT2D eigenvalue weighted by Crippen LogP contribution is 2.24. The van der Waals surface area contributed by atoms with E-state index in [1.807, 2.05) is 6.92 Å². The number of fused-ring (bicyclic) bond motifs is 1. The van der Waals surface area contributed by atoms with E-state index < -0.39 is 0 Å². The number of carbonyl (C=O) groups excluding carboxylic acids is 2. The molecule has 1 aliphatic heterocycles. The maximum Gasteiger partial charge on any atom is 0.339 e. The van der Waals surface area contributed by atoms with Crippen LogP contribution >= 0.6 is 0 Å². The number of carbonyl (C=O) groups is 2. The molecule has 1 aromatic heterocycles. The summed E-state index contributed by atoms with van der Waals surface area (Å²) < 4.78 is 4.75. The van der Waals surface area contributed by atoms with E-state index >= 15 is 0 Å². The van der Waals surface area contributed by atoms with Crippen molar-refractivity contribution in [2.45, 2.75) is 32.7 Å². The van der Waals surface area contributed by atoms with Crippen molar-refractivity contribution in [2.24, 2.45) is 0 Å². The van der Waals surface area contributed by atoms with Crippen molar-refractivity contribution < 1.29 is 14.3 Å². The van der Waals surface area contributed by atoms with Gasteiger partial charge in [0.15, 0.2) is 0 Å².